The maximum Gasteiger partial charge on any atom is 0.274 e. The lowest BCUT2D eigenvalue weighted by molar-refractivity contribution is 0.284. The number of hydrogen-bond acceptors (Lipinski definition) is 5. The normalized spacial score (nSPS) is 12.0. The van der Waals surface area contributed by atoms with Crippen molar-refractivity contribution < 1.29 is 9.47 Å². The van der Waals surface area contributed by atoms with Crippen LogP contribution in [0.1, 0.15) is 11.1 Å². The summed E-state index contributed by atoms with van der Waals surface area (Å²) in [6, 6.07) is 21.3. The first-order chi connectivity index (χ1) is 15.1. The molecule has 7 heteroatoms. The molecule has 0 saturated carbocycles. The lowest BCUT2D eigenvalue weighted by Crippen LogP contribution is -2.22. The maximum absolute atomic E-state index is 13.0. The van der Waals surface area contributed by atoms with Crippen LogP contribution in [-0.4, -0.2) is 16.5 Å². The van der Waals surface area contributed by atoms with Gasteiger partial charge >= 0.3 is 0 Å². The predicted octanol–water partition coefficient (Wildman–Crippen LogP) is 4.81. The molecular weight excluding hydrogens is 476 g/mol. The van der Waals surface area contributed by atoms with Crippen LogP contribution in [0.4, 0.5) is 0 Å². The van der Waals surface area contributed by atoms with Crippen molar-refractivity contribution in [2.75, 3.05) is 7.11 Å². The molecule has 0 saturated heterocycles. The lowest BCUT2D eigenvalue weighted by Gasteiger charge is -2.12. The molecule has 0 atom stereocenters. The third-order valence-electron chi connectivity index (χ3n) is 4.95. The van der Waals surface area contributed by atoms with Crippen LogP contribution in [0, 0.1) is 0 Å². The number of fused-ring (bicyclic) bond motifs is 3. The minimum atomic E-state index is -0.0797. The Kier molecular flexibility index (Phi) is 5.21. The summed E-state index contributed by atoms with van der Waals surface area (Å²) >= 11 is 4.98. The fourth-order valence-electron chi connectivity index (χ4n) is 3.42. The van der Waals surface area contributed by atoms with Gasteiger partial charge in [0, 0.05) is 4.47 Å². The Morgan fingerprint density at radius 1 is 1.06 bits per heavy atom. The first-order valence-electron chi connectivity index (χ1n) is 9.60. The van der Waals surface area contributed by atoms with E-state index in [0.717, 1.165) is 26.6 Å². The topological polar surface area (TPSA) is 52.8 Å². The molecule has 31 heavy (non-hydrogen) atoms. The number of imidazole rings is 1. The molecule has 0 aliphatic carbocycles. The molecule has 0 unspecified atom stereocenters. The maximum atomic E-state index is 13.0. The Morgan fingerprint density at radius 2 is 1.84 bits per heavy atom. The van der Waals surface area contributed by atoms with Crippen LogP contribution < -0.4 is 19.6 Å². The van der Waals surface area contributed by atoms with Crippen molar-refractivity contribution in [3.8, 4) is 11.5 Å². The second-order valence-corrected chi connectivity index (χ2v) is 8.80. The molecule has 0 N–H and O–H groups in total. The van der Waals surface area contributed by atoms with Gasteiger partial charge in [0.15, 0.2) is 16.5 Å². The molecule has 3 aromatic carbocycles. The summed E-state index contributed by atoms with van der Waals surface area (Å²) in [5, 5.41) is 0. The van der Waals surface area contributed by atoms with Gasteiger partial charge in [-0.2, -0.15) is 0 Å². The van der Waals surface area contributed by atoms with Crippen LogP contribution in [0.2, 0.25) is 0 Å². The summed E-state index contributed by atoms with van der Waals surface area (Å²) in [7, 11) is 1.60. The zero-order chi connectivity index (χ0) is 21.4. The second kappa shape index (κ2) is 8.17. The van der Waals surface area contributed by atoms with E-state index in [9.17, 15) is 4.79 Å². The summed E-state index contributed by atoms with van der Waals surface area (Å²) in [5.41, 5.74) is 3.46. The molecule has 5 nitrogen and oxygen atoms in total. The highest BCUT2D eigenvalue weighted by molar-refractivity contribution is 9.10. The van der Waals surface area contributed by atoms with Gasteiger partial charge in [-0.05, 0) is 41.5 Å². The van der Waals surface area contributed by atoms with E-state index in [-0.39, 0.29) is 5.56 Å². The van der Waals surface area contributed by atoms with Crippen LogP contribution in [0.5, 0.6) is 11.5 Å². The van der Waals surface area contributed by atoms with Crippen molar-refractivity contribution in [2.45, 2.75) is 6.61 Å². The molecule has 0 spiro atoms. The fraction of sp³-hybridized carbons (Fsp3) is 0.0833. The highest BCUT2D eigenvalue weighted by Crippen LogP contribution is 2.34. The number of benzene rings is 3. The number of para-hydroxylation sites is 2. The van der Waals surface area contributed by atoms with Crippen LogP contribution in [0.15, 0.2) is 76.0 Å². The molecule has 2 aromatic heterocycles. The monoisotopic (exact) mass is 492 g/mol. The number of methoxy groups -OCH3 is 1. The second-order valence-electron chi connectivity index (χ2n) is 6.93. The molecule has 0 radical (unpaired) electrons. The quantitative estimate of drug-likeness (QED) is 0.353. The standard InChI is InChI=1S/C24H17BrN2O3S/c1-29-20-11-16(17(25)13-21(20)30-14-15-7-3-2-4-8-15)12-22-23(28)27-19-10-6-5-9-18(19)26-24(27)31-22/h2-13H,14H2,1H3/b22-12+. The first kappa shape index (κ1) is 19.8. The highest BCUT2D eigenvalue weighted by atomic mass is 79.9. The third-order valence-corrected chi connectivity index (χ3v) is 6.61. The number of thiazole rings is 1. The summed E-state index contributed by atoms with van der Waals surface area (Å²) in [4.78, 5) is 18.3. The van der Waals surface area contributed by atoms with E-state index in [4.69, 9.17) is 9.47 Å². The van der Waals surface area contributed by atoms with Gasteiger partial charge in [0.05, 0.1) is 22.7 Å². The third kappa shape index (κ3) is 3.71. The largest absolute Gasteiger partial charge is 0.493 e. The average Bonchev–Trinajstić information content (AvgIpc) is 3.30. The molecule has 2 heterocycles. The molecule has 0 amide bonds. The molecule has 0 fully saturated rings. The number of rotatable bonds is 5. The SMILES string of the molecule is COc1cc(/C=c2/sc3nc4ccccc4n3c2=O)c(Br)cc1OCc1ccccc1. The molecule has 5 aromatic rings. The van der Waals surface area contributed by atoms with E-state index in [1.165, 1.54) is 11.3 Å². The van der Waals surface area contributed by atoms with Crippen molar-refractivity contribution in [2.24, 2.45) is 0 Å². The number of ether oxygens (including phenoxy) is 2. The summed E-state index contributed by atoms with van der Waals surface area (Å²) in [6.45, 7) is 0.437. The Hall–Kier alpha value is -3.16. The van der Waals surface area contributed by atoms with Gasteiger partial charge in [-0.3, -0.25) is 4.79 Å². The van der Waals surface area contributed by atoms with E-state index in [2.05, 4.69) is 20.9 Å². The fourth-order valence-corrected chi connectivity index (χ4v) is 4.84. The van der Waals surface area contributed by atoms with Gasteiger partial charge in [-0.25, -0.2) is 9.38 Å². The Labute approximate surface area is 190 Å². The van der Waals surface area contributed by atoms with Gasteiger partial charge in [0.2, 0.25) is 0 Å². The Morgan fingerprint density at radius 3 is 2.65 bits per heavy atom. The van der Waals surface area contributed by atoms with Crippen molar-refractivity contribution in [3.63, 3.8) is 0 Å². The van der Waals surface area contributed by atoms with E-state index < -0.39 is 0 Å². The van der Waals surface area contributed by atoms with Crippen LogP contribution >= 0.6 is 27.3 Å². The summed E-state index contributed by atoms with van der Waals surface area (Å²) < 4.78 is 14.6. The molecule has 0 aliphatic rings. The zero-order valence-electron chi connectivity index (χ0n) is 16.5. The summed E-state index contributed by atoms with van der Waals surface area (Å²) in [6.07, 6.45) is 1.85. The highest BCUT2D eigenvalue weighted by Gasteiger charge is 2.13. The van der Waals surface area contributed by atoms with Crippen molar-refractivity contribution in [3.05, 3.63) is 97.2 Å². The van der Waals surface area contributed by atoms with Crippen molar-refractivity contribution in [1.29, 1.82) is 0 Å². The first-order valence-corrected chi connectivity index (χ1v) is 11.2. The molecule has 0 bridgehead atoms. The van der Waals surface area contributed by atoms with Crippen molar-refractivity contribution in [1.82, 2.24) is 9.38 Å². The van der Waals surface area contributed by atoms with Gasteiger partial charge in [-0.1, -0.05) is 69.7 Å². The van der Waals surface area contributed by atoms with Gasteiger partial charge < -0.3 is 9.47 Å². The van der Waals surface area contributed by atoms with E-state index in [0.29, 0.717) is 27.6 Å². The Balaban J connectivity index is 1.54. The molecule has 5 rings (SSSR count). The van der Waals surface area contributed by atoms with Gasteiger partial charge in [0.25, 0.3) is 5.56 Å². The molecule has 154 valence electrons. The van der Waals surface area contributed by atoms with Gasteiger partial charge in [0.1, 0.15) is 6.61 Å². The van der Waals surface area contributed by atoms with Crippen LogP contribution in [-0.2, 0) is 6.61 Å². The number of nitrogens with zero attached hydrogens (tertiary/aromatic N) is 2. The number of hydrogen-bond donors (Lipinski definition) is 0. The zero-order valence-corrected chi connectivity index (χ0v) is 18.9. The van der Waals surface area contributed by atoms with E-state index in [1.807, 2.05) is 72.8 Å². The Bertz CT molecular complexity index is 1510. The summed E-state index contributed by atoms with van der Waals surface area (Å²) in [5.74, 6) is 1.23. The van der Waals surface area contributed by atoms with Crippen LogP contribution in [0.25, 0.3) is 22.1 Å². The van der Waals surface area contributed by atoms with Gasteiger partial charge in [-0.15, -0.1) is 0 Å². The molecular formula is C24H17BrN2O3S. The minimum Gasteiger partial charge on any atom is -0.493 e. The molecule has 0 aliphatic heterocycles. The number of halogens is 1. The van der Waals surface area contributed by atoms with Crippen LogP contribution in [0.3, 0.4) is 0 Å². The van der Waals surface area contributed by atoms with E-state index >= 15 is 0 Å². The average molecular weight is 493 g/mol. The smallest absolute Gasteiger partial charge is 0.274 e. The van der Waals surface area contributed by atoms with Crippen molar-refractivity contribution >= 4 is 49.3 Å². The minimum absolute atomic E-state index is 0.0797. The lowest BCUT2D eigenvalue weighted by atomic mass is 10.2. The van der Waals surface area contributed by atoms with E-state index in [1.54, 1.807) is 11.5 Å². The number of aromatic nitrogens is 2. The predicted molar refractivity (Wildman–Crippen MR) is 127 cm³/mol.